The Morgan fingerprint density at radius 1 is 1.48 bits per heavy atom. The van der Waals surface area contributed by atoms with Gasteiger partial charge < -0.3 is 10.2 Å². The molecule has 21 heavy (non-hydrogen) atoms. The van der Waals surface area contributed by atoms with Crippen molar-refractivity contribution in [3.8, 4) is 0 Å². The zero-order valence-electron chi connectivity index (χ0n) is 12.7. The van der Waals surface area contributed by atoms with E-state index >= 15 is 0 Å². The van der Waals surface area contributed by atoms with Crippen molar-refractivity contribution in [1.82, 2.24) is 19.5 Å². The number of nitrogens with zero attached hydrogens (tertiary/aromatic N) is 4. The normalized spacial score (nSPS) is 17.3. The van der Waals surface area contributed by atoms with E-state index in [-0.39, 0.29) is 11.9 Å². The fourth-order valence-electron chi connectivity index (χ4n) is 2.83. The Bertz CT molecular complexity index is 609. The second-order valence-electron chi connectivity index (χ2n) is 5.88. The van der Waals surface area contributed by atoms with Gasteiger partial charge in [0.2, 0.25) is 16.0 Å². The molecule has 0 bridgehead atoms. The third-order valence-corrected chi connectivity index (χ3v) is 4.84. The quantitative estimate of drug-likeness (QED) is 0.941. The van der Waals surface area contributed by atoms with E-state index in [0.717, 1.165) is 15.8 Å². The first-order chi connectivity index (χ1) is 10.0. The number of hydrogen-bond donors (Lipinski definition) is 1. The Morgan fingerprint density at radius 3 is 2.81 bits per heavy atom. The molecule has 1 saturated carbocycles. The van der Waals surface area contributed by atoms with Crippen molar-refractivity contribution in [2.45, 2.75) is 44.6 Å². The van der Waals surface area contributed by atoms with Gasteiger partial charge in [-0.05, 0) is 19.8 Å². The van der Waals surface area contributed by atoms with Gasteiger partial charge in [-0.25, -0.2) is 9.50 Å². The standard InChI is InChI=1S/C14H21N5OS/c1-9(12(20)18(2)3)15-13-17-19-8-11(16-14(19)21-13)10-6-4-5-7-10/h8-10H,4-7H2,1-3H3,(H,15,17)/t9-/m0/s1. The molecule has 6 nitrogen and oxygen atoms in total. The molecule has 0 spiro atoms. The van der Waals surface area contributed by atoms with Crippen LogP contribution in [0.15, 0.2) is 6.20 Å². The number of aromatic nitrogens is 3. The highest BCUT2D eigenvalue weighted by atomic mass is 32.1. The molecule has 1 N–H and O–H groups in total. The van der Waals surface area contributed by atoms with Gasteiger partial charge in [-0.15, -0.1) is 5.10 Å². The third-order valence-electron chi connectivity index (χ3n) is 3.99. The molecule has 0 radical (unpaired) electrons. The smallest absolute Gasteiger partial charge is 0.244 e. The van der Waals surface area contributed by atoms with Crippen molar-refractivity contribution in [3.05, 3.63) is 11.9 Å². The number of fused-ring (bicyclic) bond motifs is 1. The predicted molar refractivity (Wildman–Crippen MR) is 83.9 cm³/mol. The summed E-state index contributed by atoms with van der Waals surface area (Å²) < 4.78 is 1.83. The molecule has 2 aromatic rings. The van der Waals surface area contributed by atoms with Crippen LogP contribution in [0.2, 0.25) is 0 Å². The van der Waals surface area contributed by atoms with Crippen LogP contribution in [-0.4, -0.2) is 45.5 Å². The summed E-state index contributed by atoms with van der Waals surface area (Å²) >= 11 is 1.49. The summed E-state index contributed by atoms with van der Waals surface area (Å²) in [7, 11) is 3.51. The molecule has 3 rings (SSSR count). The zero-order chi connectivity index (χ0) is 15.0. The highest BCUT2D eigenvalue weighted by molar-refractivity contribution is 7.20. The van der Waals surface area contributed by atoms with Gasteiger partial charge in [0, 0.05) is 20.0 Å². The summed E-state index contributed by atoms with van der Waals surface area (Å²) in [4.78, 5) is 19.0. The first-order valence-corrected chi connectivity index (χ1v) is 8.20. The minimum Gasteiger partial charge on any atom is -0.349 e. The molecule has 0 unspecified atom stereocenters. The monoisotopic (exact) mass is 307 g/mol. The first-order valence-electron chi connectivity index (χ1n) is 7.38. The maximum atomic E-state index is 11.8. The highest BCUT2D eigenvalue weighted by Gasteiger charge is 2.22. The van der Waals surface area contributed by atoms with Gasteiger partial charge in [-0.2, -0.15) is 0 Å². The van der Waals surface area contributed by atoms with Gasteiger partial charge in [0.1, 0.15) is 6.04 Å². The van der Waals surface area contributed by atoms with E-state index < -0.39 is 0 Å². The Hall–Kier alpha value is -1.63. The molecule has 0 aromatic carbocycles. The maximum Gasteiger partial charge on any atom is 0.244 e. The van der Waals surface area contributed by atoms with Crippen LogP contribution in [0.4, 0.5) is 5.13 Å². The maximum absolute atomic E-state index is 11.8. The zero-order valence-corrected chi connectivity index (χ0v) is 13.5. The van der Waals surface area contributed by atoms with Gasteiger partial charge >= 0.3 is 0 Å². The van der Waals surface area contributed by atoms with Gasteiger partial charge in [0.25, 0.3) is 0 Å². The number of nitrogens with one attached hydrogen (secondary N) is 1. The van der Waals surface area contributed by atoms with Crippen LogP contribution in [0.3, 0.4) is 0 Å². The predicted octanol–water partition coefficient (Wildman–Crippen LogP) is 2.34. The molecule has 2 aromatic heterocycles. The molecule has 1 aliphatic rings. The van der Waals surface area contributed by atoms with E-state index in [0.29, 0.717) is 5.92 Å². The summed E-state index contributed by atoms with van der Waals surface area (Å²) in [5.74, 6) is 0.638. The van der Waals surface area contributed by atoms with E-state index in [1.165, 1.54) is 37.0 Å². The van der Waals surface area contributed by atoms with Crippen LogP contribution in [0, 0.1) is 0 Å². The molecule has 1 aliphatic carbocycles. The SMILES string of the molecule is C[C@H](Nc1nn2cc(C3CCCC3)nc2s1)C(=O)N(C)C. The number of anilines is 1. The molecule has 2 heterocycles. The highest BCUT2D eigenvalue weighted by Crippen LogP contribution is 2.34. The number of carbonyl (C=O) groups excluding carboxylic acids is 1. The number of rotatable bonds is 4. The molecule has 1 amide bonds. The lowest BCUT2D eigenvalue weighted by molar-refractivity contribution is -0.129. The minimum absolute atomic E-state index is 0.0366. The van der Waals surface area contributed by atoms with Gasteiger partial charge in [-0.1, -0.05) is 24.2 Å². The van der Waals surface area contributed by atoms with Crippen molar-refractivity contribution in [2.24, 2.45) is 0 Å². The number of imidazole rings is 1. The molecule has 7 heteroatoms. The number of hydrogen-bond acceptors (Lipinski definition) is 5. The van der Waals surface area contributed by atoms with Crippen molar-refractivity contribution in [2.75, 3.05) is 19.4 Å². The second kappa shape index (κ2) is 5.63. The Kier molecular flexibility index (Phi) is 3.84. The molecular formula is C14H21N5OS. The van der Waals surface area contributed by atoms with Crippen LogP contribution in [0.1, 0.15) is 44.2 Å². The van der Waals surface area contributed by atoms with E-state index in [1.54, 1.807) is 19.0 Å². The number of likely N-dealkylation sites (N-methyl/N-ethyl adjacent to an activating group) is 1. The van der Waals surface area contributed by atoms with E-state index in [1.807, 2.05) is 17.6 Å². The number of carbonyl (C=O) groups is 1. The van der Waals surface area contributed by atoms with Crippen LogP contribution >= 0.6 is 11.3 Å². The average molecular weight is 307 g/mol. The second-order valence-corrected chi connectivity index (χ2v) is 6.84. The van der Waals surface area contributed by atoms with Crippen LogP contribution in [0.25, 0.3) is 4.96 Å². The fourth-order valence-corrected chi connectivity index (χ4v) is 3.70. The number of amides is 1. The summed E-state index contributed by atoms with van der Waals surface area (Å²) in [5, 5.41) is 8.35. The molecule has 1 atom stereocenters. The summed E-state index contributed by atoms with van der Waals surface area (Å²) in [5.41, 5.74) is 1.16. The molecule has 1 fully saturated rings. The summed E-state index contributed by atoms with van der Waals surface area (Å²) in [6, 6.07) is -0.287. The third kappa shape index (κ3) is 2.88. The van der Waals surface area contributed by atoms with E-state index in [2.05, 4.69) is 15.4 Å². The summed E-state index contributed by atoms with van der Waals surface area (Å²) in [6.45, 7) is 1.84. The van der Waals surface area contributed by atoms with Crippen molar-refractivity contribution >= 4 is 27.3 Å². The molecular weight excluding hydrogens is 286 g/mol. The average Bonchev–Trinajstić information content (AvgIpc) is 3.11. The topological polar surface area (TPSA) is 62.5 Å². The lowest BCUT2D eigenvalue weighted by atomic mass is 10.1. The Labute approximate surface area is 128 Å². The summed E-state index contributed by atoms with van der Waals surface area (Å²) in [6.07, 6.45) is 7.13. The molecule has 0 saturated heterocycles. The Balaban J connectivity index is 1.73. The van der Waals surface area contributed by atoms with Crippen LogP contribution in [-0.2, 0) is 4.79 Å². The Morgan fingerprint density at radius 2 is 2.19 bits per heavy atom. The molecule has 114 valence electrons. The van der Waals surface area contributed by atoms with Crippen molar-refractivity contribution < 1.29 is 4.79 Å². The lowest BCUT2D eigenvalue weighted by Crippen LogP contribution is -2.36. The molecule has 0 aliphatic heterocycles. The van der Waals surface area contributed by atoms with Gasteiger partial charge in [0.15, 0.2) is 0 Å². The first kappa shape index (κ1) is 14.3. The van der Waals surface area contributed by atoms with Gasteiger partial charge in [-0.3, -0.25) is 4.79 Å². The lowest BCUT2D eigenvalue weighted by Gasteiger charge is -2.16. The van der Waals surface area contributed by atoms with E-state index in [4.69, 9.17) is 0 Å². The van der Waals surface area contributed by atoms with Crippen molar-refractivity contribution in [3.63, 3.8) is 0 Å². The van der Waals surface area contributed by atoms with Crippen LogP contribution in [0.5, 0.6) is 0 Å². The van der Waals surface area contributed by atoms with E-state index in [9.17, 15) is 4.79 Å². The minimum atomic E-state index is -0.287. The van der Waals surface area contributed by atoms with Crippen LogP contribution < -0.4 is 5.32 Å². The van der Waals surface area contributed by atoms with Crippen molar-refractivity contribution in [1.29, 1.82) is 0 Å². The van der Waals surface area contributed by atoms with Gasteiger partial charge in [0.05, 0.1) is 11.9 Å². The largest absolute Gasteiger partial charge is 0.349 e. The fraction of sp³-hybridized carbons (Fsp3) is 0.643.